The third-order valence-electron chi connectivity index (χ3n) is 3.13. The second-order valence-electron chi connectivity index (χ2n) is 5.16. The molecule has 20 heavy (non-hydrogen) atoms. The number of carbonyl (C=O) groups excluding carboxylic acids is 1. The number of amides is 1. The van der Waals surface area contributed by atoms with E-state index in [1.165, 1.54) is 0 Å². The highest BCUT2D eigenvalue weighted by Gasteiger charge is 2.14. The lowest BCUT2D eigenvalue weighted by atomic mass is 10.0. The summed E-state index contributed by atoms with van der Waals surface area (Å²) in [6.07, 6.45) is 0. The lowest BCUT2D eigenvalue weighted by molar-refractivity contribution is 0.0907. The first-order valence-electron chi connectivity index (χ1n) is 6.69. The van der Waals surface area contributed by atoms with Crippen molar-refractivity contribution in [3.05, 3.63) is 41.1 Å². The number of ether oxygens (including phenoxy) is 1. The Morgan fingerprint density at radius 2 is 2.10 bits per heavy atom. The Morgan fingerprint density at radius 1 is 1.35 bits per heavy atom. The van der Waals surface area contributed by atoms with Crippen molar-refractivity contribution in [2.75, 3.05) is 13.7 Å². The van der Waals surface area contributed by atoms with Gasteiger partial charge in [-0.05, 0) is 39.0 Å². The number of carbonyl (C=O) groups is 1. The number of hydrogen-bond donors (Lipinski definition) is 1. The molecule has 1 N–H and O–H groups in total. The van der Waals surface area contributed by atoms with Crippen LogP contribution in [0.2, 0.25) is 0 Å². The predicted molar refractivity (Wildman–Crippen MR) is 80.0 cm³/mol. The van der Waals surface area contributed by atoms with E-state index in [0.717, 1.165) is 22.2 Å². The van der Waals surface area contributed by atoms with Crippen molar-refractivity contribution in [1.29, 1.82) is 0 Å². The lowest BCUT2D eigenvalue weighted by Gasteiger charge is -2.14. The minimum absolute atomic E-state index is 0.0270. The third-order valence-corrected chi connectivity index (χ3v) is 3.13. The van der Waals surface area contributed by atoms with Crippen LogP contribution in [0.15, 0.2) is 24.3 Å². The molecule has 106 valence electrons. The van der Waals surface area contributed by atoms with E-state index in [1.54, 1.807) is 7.11 Å². The van der Waals surface area contributed by atoms with Crippen molar-refractivity contribution >= 4 is 16.8 Å². The normalized spacial score (nSPS) is 12.4. The van der Waals surface area contributed by atoms with Crippen molar-refractivity contribution in [3.63, 3.8) is 0 Å². The zero-order chi connectivity index (χ0) is 14.7. The topological polar surface area (TPSA) is 51.2 Å². The Hall–Kier alpha value is -1.94. The van der Waals surface area contributed by atoms with Crippen LogP contribution in [-0.2, 0) is 4.74 Å². The number of pyridine rings is 1. The van der Waals surface area contributed by atoms with E-state index in [1.807, 2.05) is 45.0 Å². The zero-order valence-electron chi connectivity index (χ0n) is 12.4. The smallest absolute Gasteiger partial charge is 0.252 e. The molecule has 0 radical (unpaired) electrons. The molecule has 0 aliphatic rings. The summed E-state index contributed by atoms with van der Waals surface area (Å²) >= 11 is 0. The second-order valence-corrected chi connectivity index (χ2v) is 5.16. The second kappa shape index (κ2) is 6.01. The van der Waals surface area contributed by atoms with Gasteiger partial charge < -0.3 is 10.1 Å². The fourth-order valence-corrected chi connectivity index (χ4v) is 2.25. The van der Waals surface area contributed by atoms with Crippen molar-refractivity contribution in [2.24, 2.45) is 0 Å². The van der Waals surface area contributed by atoms with Gasteiger partial charge in [-0.3, -0.25) is 9.78 Å². The van der Waals surface area contributed by atoms with E-state index in [-0.39, 0.29) is 11.9 Å². The molecule has 1 aromatic carbocycles. The number of fused-ring (bicyclic) bond motifs is 1. The summed E-state index contributed by atoms with van der Waals surface area (Å²) in [5.74, 6) is -0.0874. The van der Waals surface area contributed by atoms with Gasteiger partial charge in [0, 0.05) is 24.2 Å². The van der Waals surface area contributed by atoms with E-state index in [0.29, 0.717) is 12.2 Å². The predicted octanol–water partition coefficient (Wildman–Crippen LogP) is 2.62. The summed E-state index contributed by atoms with van der Waals surface area (Å²) in [5.41, 5.74) is 3.47. The van der Waals surface area contributed by atoms with E-state index in [2.05, 4.69) is 10.3 Å². The van der Waals surface area contributed by atoms with Crippen LogP contribution in [0.5, 0.6) is 0 Å². The summed E-state index contributed by atoms with van der Waals surface area (Å²) < 4.78 is 5.04. The van der Waals surface area contributed by atoms with Crippen molar-refractivity contribution in [1.82, 2.24) is 10.3 Å². The van der Waals surface area contributed by atoms with Gasteiger partial charge in [0.1, 0.15) is 0 Å². The fraction of sp³-hybridized carbons (Fsp3) is 0.375. The number of aromatic nitrogens is 1. The largest absolute Gasteiger partial charge is 0.383 e. The summed E-state index contributed by atoms with van der Waals surface area (Å²) in [6, 6.07) is 7.76. The van der Waals surface area contributed by atoms with Gasteiger partial charge in [-0.25, -0.2) is 0 Å². The van der Waals surface area contributed by atoms with E-state index < -0.39 is 0 Å². The third kappa shape index (κ3) is 3.14. The minimum atomic E-state index is -0.0874. The van der Waals surface area contributed by atoms with Gasteiger partial charge in [0.25, 0.3) is 5.91 Å². The maximum atomic E-state index is 12.4. The SMILES string of the molecule is COCC(C)NC(=O)c1cc(C)nc2ccc(C)cc12. The van der Waals surface area contributed by atoms with Crippen molar-refractivity contribution in [3.8, 4) is 0 Å². The van der Waals surface area contributed by atoms with E-state index in [9.17, 15) is 4.79 Å². The lowest BCUT2D eigenvalue weighted by Crippen LogP contribution is -2.35. The molecule has 4 nitrogen and oxygen atoms in total. The monoisotopic (exact) mass is 272 g/mol. The Balaban J connectivity index is 2.42. The molecule has 1 aromatic heterocycles. The van der Waals surface area contributed by atoms with Crippen LogP contribution in [0.1, 0.15) is 28.5 Å². The average Bonchev–Trinajstić information content (AvgIpc) is 2.38. The molecule has 1 unspecified atom stereocenters. The van der Waals surface area contributed by atoms with Crippen LogP contribution >= 0.6 is 0 Å². The maximum Gasteiger partial charge on any atom is 0.252 e. The zero-order valence-corrected chi connectivity index (χ0v) is 12.4. The number of nitrogens with zero attached hydrogens (tertiary/aromatic N) is 1. The molecule has 0 spiro atoms. The van der Waals surface area contributed by atoms with Crippen LogP contribution in [0.25, 0.3) is 10.9 Å². The van der Waals surface area contributed by atoms with Gasteiger partial charge in [-0.15, -0.1) is 0 Å². The van der Waals surface area contributed by atoms with Gasteiger partial charge in [0.15, 0.2) is 0 Å². The molecule has 0 saturated heterocycles. The summed E-state index contributed by atoms with van der Waals surface area (Å²) in [6.45, 7) is 6.32. The van der Waals surface area contributed by atoms with Crippen molar-refractivity contribution < 1.29 is 9.53 Å². The maximum absolute atomic E-state index is 12.4. The molecule has 0 aliphatic heterocycles. The van der Waals surface area contributed by atoms with Crippen molar-refractivity contribution in [2.45, 2.75) is 26.8 Å². The first-order chi connectivity index (χ1) is 9.51. The number of rotatable bonds is 4. The molecule has 2 rings (SSSR count). The first-order valence-corrected chi connectivity index (χ1v) is 6.69. The average molecular weight is 272 g/mol. The molecule has 0 bridgehead atoms. The van der Waals surface area contributed by atoms with E-state index >= 15 is 0 Å². The summed E-state index contributed by atoms with van der Waals surface area (Å²) in [4.78, 5) is 16.9. The molecular weight excluding hydrogens is 252 g/mol. The highest BCUT2D eigenvalue weighted by atomic mass is 16.5. The minimum Gasteiger partial charge on any atom is -0.383 e. The van der Waals surface area contributed by atoms with Gasteiger partial charge in [0.05, 0.1) is 17.7 Å². The molecule has 0 saturated carbocycles. The molecule has 1 amide bonds. The van der Waals surface area contributed by atoms with Gasteiger partial charge >= 0.3 is 0 Å². The van der Waals surface area contributed by atoms with Gasteiger partial charge in [-0.1, -0.05) is 11.6 Å². The molecule has 1 atom stereocenters. The summed E-state index contributed by atoms with van der Waals surface area (Å²) in [5, 5.41) is 3.83. The van der Waals surface area contributed by atoms with Crippen LogP contribution in [0.4, 0.5) is 0 Å². The Labute approximate surface area is 119 Å². The number of hydrogen-bond acceptors (Lipinski definition) is 3. The fourth-order valence-electron chi connectivity index (χ4n) is 2.25. The molecule has 2 aromatic rings. The van der Waals surface area contributed by atoms with Crippen LogP contribution < -0.4 is 5.32 Å². The molecule has 0 aliphatic carbocycles. The molecular formula is C16H20N2O2. The van der Waals surface area contributed by atoms with Crippen LogP contribution in [-0.4, -0.2) is 30.6 Å². The molecule has 0 fully saturated rings. The first kappa shape index (κ1) is 14.5. The number of benzene rings is 1. The standard InChI is InChI=1S/C16H20N2O2/c1-10-5-6-15-13(7-10)14(8-11(2)17-15)16(19)18-12(3)9-20-4/h5-8,12H,9H2,1-4H3,(H,18,19). The van der Waals surface area contributed by atoms with Crippen LogP contribution in [0, 0.1) is 13.8 Å². The highest BCUT2D eigenvalue weighted by Crippen LogP contribution is 2.20. The molecule has 1 heterocycles. The Bertz CT molecular complexity index is 638. The number of nitrogens with one attached hydrogen (secondary N) is 1. The van der Waals surface area contributed by atoms with Gasteiger partial charge in [-0.2, -0.15) is 0 Å². The number of methoxy groups -OCH3 is 1. The van der Waals surface area contributed by atoms with E-state index in [4.69, 9.17) is 4.74 Å². The summed E-state index contributed by atoms with van der Waals surface area (Å²) in [7, 11) is 1.62. The Morgan fingerprint density at radius 3 is 2.80 bits per heavy atom. The molecule has 4 heteroatoms. The number of aryl methyl sites for hydroxylation is 2. The van der Waals surface area contributed by atoms with Gasteiger partial charge in [0.2, 0.25) is 0 Å². The quantitative estimate of drug-likeness (QED) is 0.930. The highest BCUT2D eigenvalue weighted by molar-refractivity contribution is 6.06. The Kier molecular flexibility index (Phi) is 4.35. The van der Waals surface area contributed by atoms with Crippen LogP contribution in [0.3, 0.4) is 0 Å².